The summed E-state index contributed by atoms with van der Waals surface area (Å²) in [6.45, 7) is 6.09. The van der Waals surface area contributed by atoms with Crippen LogP contribution >= 0.6 is 0 Å². The van der Waals surface area contributed by atoms with Crippen molar-refractivity contribution in [2.75, 3.05) is 42.5 Å². The number of carbonyl (C=O) groups excluding carboxylic acids is 2. The first-order chi connectivity index (χ1) is 17.8. The van der Waals surface area contributed by atoms with E-state index in [4.69, 9.17) is 0 Å². The van der Waals surface area contributed by atoms with Gasteiger partial charge in [0, 0.05) is 38.1 Å². The fourth-order valence-electron chi connectivity index (χ4n) is 4.87. The molecule has 10 heteroatoms. The Balaban J connectivity index is 1.40. The number of benzene rings is 2. The summed E-state index contributed by atoms with van der Waals surface area (Å²) in [7, 11) is -4.14. The van der Waals surface area contributed by atoms with Gasteiger partial charge in [-0.05, 0) is 55.3 Å². The van der Waals surface area contributed by atoms with Gasteiger partial charge in [0.2, 0.25) is 5.91 Å². The third-order valence-corrected chi connectivity index (χ3v) is 8.63. The minimum absolute atomic E-state index is 0.000409. The molecule has 3 heterocycles. The molecule has 1 aromatic heterocycles. The summed E-state index contributed by atoms with van der Waals surface area (Å²) in [5, 5.41) is 0. The predicted molar refractivity (Wildman–Crippen MR) is 141 cm³/mol. The van der Waals surface area contributed by atoms with Crippen molar-refractivity contribution in [2.24, 2.45) is 0 Å². The second-order valence-corrected chi connectivity index (χ2v) is 11.2. The Morgan fingerprint density at radius 1 is 0.919 bits per heavy atom. The van der Waals surface area contributed by atoms with Gasteiger partial charge in [0.15, 0.2) is 0 Å². The molecule has 2 saturated heterocycles. The van der Waals surface area contributed by atoms with Gasteiger partial charge in [-0.25, -0.2) is 22.5 Å². The maximum Gasteiger partial charge on any atom is 0.340 e. The van der Waals surface area contributed by atoms with Crippen molar-refractivity contribution in [3.05, 3.63) is 84.1 Å². The van der Waals surface area contributed by atoms with Crippen molar-refractivity contribution in [3.63, 3.8) is 0 Å². The highest BCUT2D eigenvalue weighted by molar-refractivity contribution is 7.89. The van der Waals surface area contributed by atoms with Crippen molar-refractivity contribution in [3.8, 4) is 0 Å². The average Bonchev–Trinajstić information content (AvgIpc) is 3.28. The topological polar surface area (TPSA) is 94.1 Å². The highest BCUT2D eigenvalue weighted by Crippen LogP contribution is 2.30. The monoisotopic (exact) mass is 519 g/mol. The van der Waals surface area contributed by atoms with E-state index < -0.39 is 22.1 Å². The van der Waals surface area contributed by atoms with Crippen molar-refractivity contribution in [1.82, 2.24) is 14.2 Å². The van der Waals surface area contributed by atoms with Crippen LogP contribution in [0.4, 0.5) is 16.3 Å². The summed E-state index contributed by atoms with van der Waals surface area (Å²) in [4.78, 5) is 36.7. The summed E-state index contributed by atoms with van der Waals surface area (Å²) in [5.41, 5.74) is 3.50. The molecule has 2 aliphatic heterocycles. The number of pyridine rings is 1. The van der Waals surface area contributed by atoms with Crippen LogP contribution in [0.5, 0.6) is 0 Å². The molecule has 9 nitrogen and oxygen atoms in total. The summed E-state index contributed by atoms with van der Waals surface area (Å²) in [6, 6.07) is 17.3. The molecule has 0 radical (unpaired) electrons. The van der Waals surface area contributed by atoms with Crippen molar-refractivity contribution >= 4 is 33.5 Å². The quantitative estimate of drug-likeness (QED) is 0.514. The van der Waals surface area contributed by atoms with E-state index in [1.165, 1.54) is 34.4 Å². The van der Waals surface area contributed by atoms with Crippen LogP contribution in [0.3, 0.4) is 0 Å². The minimum Gasteiger partial charge on any atom is -0.368 e. The van der Waals surface area contributed by atoms with Crippen molar-refractivity contribution in [2.45, 2.75) is 24.8 Å². The molecule has 2 fully saturated rings. The van der Waals surface area contributed by atoms with Gasteiger partial charge in [-0.3, -0.25) is 9.69 Å². The summed E-state index contributed by atoms with van der Waals surface area (Å²) in [5.74, 6) is -0.0454. The van der Waals surface area contributed by atoms with Gasteiger partial charge in [-0.15, -0.1) is 0 Å². The van der Waals surface area contributed by atoms with Gasteiger partial charge in [0.25, 0.3) is 10.0 Å². The van der Waals surface area contributed by atoms with E-state index in [1.807, 2.05) is 0 Å². The van der Waals surface area contributed by atoms with Gasteiger partial charge in [-0.2, -0.15) is 0 Å². The number of rotatable bonds is 5. The molecule has 2 aliphatic rings. The average molecular weight is 520 g/mol. The zero-order valence-corrected chi connectivity index (χ0v) is 21.6. The first kappa shape index (κ1) is 24.8. The van der Waals surface area contributed by atoms with Gasteiger partial charge in [0.05, 0.1) is 11.4 Å². The zero-order chi connectivity index (χ0) is 26.2. The Hall–Kier alpha value is -3.92. The molecule has 1 unspecified atom stereocenters. The van der Waals surface area contributed by atoms with Crippen LogP contribution < -0.4 is 9.80 Å². The zero-order valence-electron chi connectivity index (χ0n) is 20.8. The second-order valence-electron chi connectivity index (χ2n) is 9.31. The Labute approximate surface area is 217 Å². The lowest BCUT2D eigenvalue weighted by Gasteiger charge is -2.38. The van der Waals surface area contributed by atoms with Crippen LogP contribution in [0.25, 0.3) is 0 Å². The van der Waals surface area contributed by atoms with Crippen molar-refractivity contribution < 1.29 is 18.0 Å². The molecule has 192 valence electrons. The number of urea groups is 1. The van der Waals surface area contributed by atoms with Gasteiger partial charge in [0.1, 0.15) is 11.9 Å². The maximum atomic E-state index is 13.8. The van der Waals surface area contributed by atoms with E-state index in [0.717, 1.165) is 9.99 Å². The van der Waals surface area contributed by atoms with Crippen LogP contribution in [0.15, 0.2) is 77.8 Å². The number of hydrogen-bond donors (Lipinski definition) is 0. The predicted octanol–water partition coefficient (Wildman–Crippen LogP) is 3.05. The lowest BCUT2D eigenvalue weighted by atomic mass is 10.1. The van der Waals surface area contributed by atoms with Crippen LogP contribution in [-0.4, -0.2) is 73.3 Å². The van der Waals surface area contributed by atoms with Gasteiger partial charge < -0.3 is 9.80 Å². The SMILES string of the molecule is Cc1ccc(C)c(N2CCN(C(=O)C3CN(S(=O)(=O)c4ccccc4)C(=O)N3c3ccccn3)CC2)c1. The van der Waals surface area contributed by atoms with E-state index in [0.29, 0.717) is 26.2 Å². The molecular weight excluding hydrogens is 490 g/mol. The molecule has 37 heavy (non-hydrogen) atoms. The molecule has 0 bridgehead atoms. The van der Waals surface area contributed by atoms with E-state index in [9.17, 15) is 18.0 Å². The molecule has 3 aromatic rings. The molecule has 2 aromatic carbocycles. The number of aromatic nitrogens is 1. The number of aryl methyl sites for hydroxylation is 2. The summed E-state index contributed by atoms with van der Waals surface area (Å²) < 4.78 is 27.5. The number of amides is 3. The number of piperazine rings is 1. The highest BCUT2D eigenvalue weighted by atomic mass is 32.2. The molecule has 0 N–H and O–H groups in total. The Kier molecular flexibility index (Phi) is 6.59. The lowest BCUT2D eigenvalue weighted by molar-refractivity contribution is -0.132. The van der Waals surface area contributed by atoms with Crippen LogP contribution in [-0.2, 0) is 14.8 Å². The molecule has 0 saturated carbocycles. The third kappa shape index (κ3) is 4.64. The largest absolute Gasteiger partial charge is 0.368 e. The standard InChI is InChI=1S/C27H29N5O4S/c1-20-11-12-21(2)23(18-20)29-14-16-30(17-15-29)26(33)24-19-31(37(35,36)22-8-4-3-5-9-22)27(34)32(24)25-10-6-7-13-28-25/h3-13,18,24H,14-17,19H2,1-2H3. The smallest absolute Gasteiger partial charge is 0.340 e. The number of hydrogen-bond acceptors (Lipinski definition) is 6. The van der Waals surface area contributed by atoms with E-state index in [2.05, 4.69) is 41.9 Å². The first-order valence-electron chi connectivity index (χ1n) is 12.2. The van der Waals surface area contributed by atoms with E-state index >= 15 is 0 Å². The lowest BCUT2D eigenvalue weighted by Crippen LogP contribution is -2.55. The van der Waals surface area contributed by atoms with E-state index in [1.54, 1.807) is 41.3 Å². The summed E-state index contributed by atoms with van der Waals surface area (Å²) >= 11 is 0. The number of carbonyl (C=O) groups is 2. The maximum absolute atomic E-state index is 13.8. The third-order valence-electron chi connectivity index (χ3n) is 6.88. The minimum atomic E-state index is -4.14. The van der Waals surface area contributed by atoms with Gasteiger partial charge >= 0.3 is 6.03 Å². The van der Waals surface area contributed by atoms with E-state index in [-0.39, 0.29) is 23.2 Å². The second kappa shape index (κ2) is 9.85. The molecule has 0 spiro atoms. The number of nitrogens with zero attached hydrogens (tertiary/aromatic N) is 5. The number of anilines is 2. The van der Waals surface area contributed by atoms with Gasteiger partial charge in [-0.1, -0.05) is 36.4 Å². The molecule has 0 aliphatic carbocycles. The van der Waals surface area contributed by atoms with Crippen LogP contribution in [0.2, 0.25) is 0 Å². The summed E-state index contributed by atoms with van der Waals surface area (Å²) in [6.07, 6.45) is 1.52. The Bertz CT molecular complexity index is 1410. The molecular formula is C27H29N5O4S. The normalized spacial score (nSPS) is 18.4. The molecule has 5 rings (SSSR count). The van der Waals surface area contributed by atoms with Crippen LogP contribution in [0.1, 0.15) is 11.1 Å². The fraction of sp³-hybridized carbons (Fsp3) is 0.296. The number of sulfonamides is 1. The molecule has 3 amide bonds. The first-order valence-corrected chi connectivity index (χ1v) is 13.6. The fourth-order valence-corrected chi connectivity index (χ4v) is 6.26. The highest BCUT2D eigenvalue weighted by Gasteiger charge is 2.49. The Morgan fingerprint density at radius 2 is 1.62 bits per heavy atom. The van der Waals surface area contributed by atoms with Crippen molar-refractivity contribution in [1.29, 1.82) is 0 Å². The molecule has 1 atom stereocenters. The van der Waals surface area contributed by atoms with Crippen LogP contribution in [0, 0.1) is 13.8 Å². The Morgan fingerprint density at radius 3 is 2.30 bits per heavy atom.